The van der Waals surface area contributed by atoms with Crippen molar-refractivity contribution in [3.8, 4) is 0 Å². The van der Waals surface area contributed by atoms with Crippen molar-refractivity contribution < 1.29 is 13.0 Å². The molecule has 0 saturated heterocycles. The van der Waals surface area contributed by atoms with E-state index in [0.29, 0.717) is 0 Å². The Hall–Kier alpha value is -0.290. The molecule has 5 heteroatoms. The van der Waals surface area contributed by atoms with Gasteiger partial charge in [-0.25, -0.2) is 17.7 Å². The second-order valence-electron chi connectivity index (χ2n) is 5.28. The average Bonchev–Trinajstić information content (AvgIpc) is 2.08. The first-order valence-corrected chi connectivity index (χ1v) is 6.49. The van der Waals surface area contributed by atoms with Gasteiger partial charge in [-0.3, -0.25) is 0 Å². The molecule has 2 nitrogen and oxygen atoms in total. The first-order valence-electron chi connectivity index (χ1n) is 5.34. The Kier molecular flexibility index (Phi) is 3.90. The highest BCUT2D eigenvalue weighted by molar-refractivity contribution is 7.84. The van der Waals surface area contributed by atoms with E-state index < -0.39 is 21.7 Å². The number of alkyl halides is 2. The summed E-state index contributed by atoms with van der Waals surface area (Å²) in [6.07, 6.45) is 1.29. The fourth-order valence-corrected chi connectivity index (χ4v) is 2.49. The zero-order valence-corrected chi connectivity index (χ0v) is 10.7. The fourth-order valence-electron chi connectivity index (χ4n) is 1.60. The molecule has 0 aromatic heterocycles. The number of halogens is 2. The van der Waals surface area contributed by atoms with Gasteiger partial charge in [0, 0.05) is 18.9 Å². The molecule has 0 spiro atoms. The van der Waals surface area contributed by atoms with Crippen molar-refractivity contribution in [2.75, 3.05) is 0 Å². The van der Waals surface area contributed by atoms with Gasteiger partial charge in [0.1, 0.15) is 0 Å². The molecule has 0 bridgehead atoms. The summed E-state index contributed by atoms with van der Waals surface area (Å²) in [5, 5.41) is 0. The molecular formula is C11H19F2NOS. The molecule has 16 heavy (non-hydrogen) atoms. The van der Waals surface area contributed by atoms with E-state index in [1.165, 1.54) is 0 Å². The zero-order chi connectivity index (χ0) is 12.6. The quantitative estimate of drug-likeness (QED) is 0.765. The third-order valence-corrected chi connectivity index (χ3v) is 4.28. The molecule has 0 aliphatic heterocycles. The molecule has 0 amide bonds. The van der Waals surface area contributed by atoms with Crippen molar-refractivity contribution in [2.45, 2.75) is 50.3 Å². The van der Waals surface area contributed by atoms with E-state index in [1.54, 1.807) is 6.08 Å². The van der Waals surface area contributed by atoms with Crippen LogP contribution in [0.4, 0.5) is 8.78 Å². The van der Waals surface area contributed by atoms with Gasteiger partial charge in [-0.05, 0) is 26.7 Å². The zero-order valence-electron chi connectivity index (χ0n) is 9.93. The van der Waals surface area contributed by atoms with Gasteiger partial charge in [0.25, 0.3) is 0 Å². The van der Waals surface area contributed by atoms with E-state index in [-0.39, 0.29) is 24.8 Å². The summed E-state index contributed by atoms with van der Waals surface area (Å²) in [5.74, 6) is -2.70. The van der Waals surface area contributed by atoms with Crippen LogP contribution in [0, 0.1) is 5.92 Å². The van der Waals surface area contributed by atoms with Gasteiger partial charge in [-0.15, -0.1) is 6.58 Å². The molecule has 1 aliphatic carbocycles. The van der Waals surface area contributed by atoms with E-state index >= 15 is 0 Å². The van der Waals surface area contributed by atoms with Crippen molar-refractivity contribution in [3.63, 3.8) is 0 Å². The molecule has 1 fully saturated rings. The summed E-state index contributed by atoms with van der Waals surface area (Å²) in [7, 11) is -1.25. The van der Waals surface area contributed by atoms with E-state index in [9.17, 15) is 13.0 Å². The minimum absolute atomic E-state index is 0.141. The Labute approximate surface area is 98.1 Å². The largest absolute Gasteiger partial charge is 0.248 e. The molecule has 1 rings (SSSR count). The molecule has 94 valence electrons. The highest BCUT2D eigenvalue weighted by Gasteiger charge is 2.48. The van der Waals surface area contributed by atoms with Crippen molar-refractivity contribution in [1.29, 1.82) is 0 Å². The SMILES string of the molecule is C=C[C@H](N[S@@](=O)C(C)(C)C)C1CC(F)(F)C1. The predicted octanol–water partition coefficient (Wildman–Crippen LogP) is 2.64. The average molecular weight is 251 g/mol. The van der Waals surface area contributed by atoms with Gasteiger partial charge in [0.05, 0.1) is 15.7 Å². The van der Waals surface area contributed by atoms with Crippen LogP contribution in [-0.2, 0) is 11.0 Å². The maximum atomic E-state index is 12.7. The molecule has 1 aliphatic rings. The minimum Gasteiger partial charge on any atom is -0.242 e. The molecule has 1 N–H and O–H groups in total. The molecule has 0 aromatic carbocycles. The van der Waals surface area contributed by atoms with Gasteiger partial charge >= 0.3 is 0 Å². The summed E-state index contributed by atoms with van der Waals surface area (Å²) in [6, 6.07) is -0.292. The molecule has 0 heterocycles. The van der Waals surface area contributed by atoms with E-state index in [2.05, 4.69) is 11.3 Å². The first-order chi connectivity index (χ1) is 7.15. The lowest BCUT2D eigenvalue weighted by atomic mass is 9.77. The third kappa shape index (κ3) is 3.35. The lowest BCUT2D eigenvalue weighted by molar-refractivity contribution is -0.113. The van der Waals surface area contributed by atoms with Crippen LogP contribution in [0.15, 0.2) is 12.7 Å². The Morgan fingerprint density at radius 2 is 2.00 bits per heavy atom. The summed E-state index contributed by atoms with van der Waals surface area (Å²) < 4.78 is 39.7. The van der Waals surface area contributed by atoms with Crippen molar-refractivity contribution in [2.24, 2.45) is 5.92 Å². The van der Waals surface area contributed by atoms with Gasteiger partial charge in [-0.2, -0.15) is 0 Å². The summed E-state index contributed by atoms with van der Waals surface area (Å²) in [4.78, 5) is 0. The van der Waals surface area contributed by atoms with Crippen molar-refractivity contribution in [3.05, 3.63) is 12.7 Å². The molecular weight excluding hydrogens is 232 g/mol. The Bertz CT molecular complexity index is 291. The van der Waals surface area contributed by atoms with E-state index in [0.717, 1.165) is 0 Å². The third-order valence-electron chi connectivity index (χ3n) is 2.68. The predicted molar refractivity (Wildman–Crippen MR) is 62.7 cm³/mol. The monoisotopic (exact) mass is 251 g/mol. The summed E-state index contributed by atoms with van der Waals surface area (Å²) in [6.45, 7) is 9.12. The normalized spacial score (nSPS) is 24.6. The number of hydrogen-bond acceptors (Lipinski definition) is 1. The number of nitrogens with one attached hydrogen (secondary N) is 1. The Morgan fingerprint density at radius 1 is 1.50 bits per heavy atom. The smallest absolute Gasteiger partial charge is 0.242 e. The minimum atomic E-state index is -2.54. The highest BCUT2D eigenvalue weighted by atomic mass is 32.2. The topological polar surface area (TPSA) is 29.1 Å². The van der Waals surface area contributed by atoms with Crippen LogP contribution in [0.1, 0.15) is 33.6 Å². The molecule has 0 unspecified atom stereocenters. The van der Waals surface area contributed by atoms with Crippen LogP contribution >= 0.6 is 0 Å². The number of hydrogen-bond donors (Lipinski definition) is 1. The highest BCUT2D eigenvalue weighted by Crippen LogP contribution is 2.44. The fraction of sp³-hybridized carbons (Fsp3) is 0.818. The Morgan fingerprint density at radius 3 is 2.31 bits per heavy atom. The van der Waals surface area contributed by atoms with Crippen LogP contribution in [0.25, 0.3) is 0 Å². The maximum absolute atomic E-state index is 12.7. The van der Waals surface area contributed by atoms with E-state index in [4.69, 9.17) is 0 Å². The molecule has 0 radical (unpaired) electrons. The second kappa shape index (κ2) is 4.53. The number of rotatable bonds is 4. The van der Waals surface area contributed by atoms with Crippen LogP contribution < -0.4 is 4.72 Å². The van der Waals surface area contributed by atoms with Crippen molar-refractivity contribution in [1.82, 2.24) is 4.72 Å². The summed E-state index contributed by atoms with van der Waals surface area (Å²) in [5.41, 5.74) is 0. The Balaban J connectivity index is 2.52. The van der Waals surface area contributed by atoms with Gasteiger partial charge in [0.2, 0.25) is 5.92 Å². The standard InChI is InChI=1S/C11H19F2NOS/c1-5-9(8-6-11(12,13)7-8)14-16(15)10(2,3)4/h5,8-9,14H,1,6-7H2,2-4H3/t9-,16-/m0/s1. The van der Waals surface area contributed by atoms with E-state index in [1.807, 2.05) is 20.8 Å². The first kappa shape index (κ1) is 13.8. The van der Waals surface area contributed by atoms with Gasteiger partial charge in [-0.1, -0.05) is 6.08 Å². The van der Waals surface area contributed by atoms with Crippen LogP contribution in [-0.4, -0.2) is 20.9 Å². The lowest BCUT2D eigenvalue weighted by Gasteiger charge is -2.39. The lowest BCUT2D eigenvalue weighted by Crippen LogP contribution is -2.49. The van der Waals surface area contributed by atoms with Crippen molar-refractivity contribution >= 4 is 11.0 Å². The van der Waals surface area contributed by atoms with Crippen LogP contribution in [0.3, 0.4) is 0 Å². The summed E-state index contributed by atoms with van der Waals surface area (Å²) >= 11 is 0. The maximum Gasteiger partial charge on any atom is 0.248 e. The molecule has 2 atom stereocenters. The second-order valence-corrected chi connectivity index (χ2v) is 7.28. The van der Waals surface area contributed by atoms with Crippen LogP contribution in [0.2, 0.25) is 0 Å². The van der Waals surface area contributed by atoms with Gasteiger partial charge in [0.15, 0.2) is 0 Å². The molecule has 0 aromatic rings. The molecule has 1 saturated carbocycles. The van der Waals surface area contributed by atoms with Crippen LogP contribution in [0.5, 0.6) is 0 Å². The van der Waals surface area contributed by atoms with Gasteiger partial charge < -0.3 is 0 Å².